The number of alkyl halides is 2. The van der Waals surface area contributed by atoms with Crippen molar-refractivity contribution >= 4 is 29.4 Å². The Morgan fingerprint density at radius 3 is 2.72 bits per heavy atom. The van der Waals surface area contributed by atoms with E-state index in [0.717, 1.165) is 18.4 Å². The zero-order chi connectivity index (χ0) is 27.5. The fourth-order valence-electron chi connectivity index (χ4n) is 4.81. The Kier molecular flexibility index (Phi) is 8.04. The molecule has 2 N–H and O–H groups in total. The average molecular weight is 556 g/mol. The van der Waals surface area contributed by atoms with Crippen molar-refractivity contribution in [2.24, 2.45) is 0 Å². The van der Waals surface area contributed by atoms with Crippen molar-refractivity contribution in [3.8, 4) is 11.3 Å². The lowest BCUT2D eigenvalue weighted by molar-refractivity contribution is -0.122. The zero-order valence-corrected chi connectivity index (χ0v) is 22.0. The Morgan fingerprint density at radius 1 is 1.18 bits per heavy atom. The van der Waals surface area contributed by atoms with Crippen LogP contribution in [0.1, 0.15) is 59.3 Å². The predicted molar refractivity (Wildman–Crippen MR) is 143 cm³/mol. The molecule has 2 aromatic carbocycles. The van der Waals surface area contributed by atoms with Crippen LogP contribution < -0.4 is 10.6 Å². The number of carbonyl (C=O) groups is 2. The Bertz CT molecular complexity index is 1380. The molecule has 5 rings (SSSR count). The molecular formula is C28H28ClF2N5O3. The highest BCUT2D eigenvalue weighted by Gasteiger charge is 2.30. The summed E-state index contributed by atoms with van der Waals surface area (Å²) in [4.78, 5) is 36.3. The van der Waals surface area contributed by atoms with E-state index in [4.69, 9.17) is 16.3 Å². The molecule has 0 aliphatic carbocycles. The van der Waals surface area contributed by atoms with Crippen molar-refractivity contribution in [3.63, 3.8) is 0 Å². The van der Waals surface area contributed by atoms with Gasteiger partial charge >= 0.3 is 0 Å². The number of benzene rings is 2. The standard InChI is InChI=1S/C28H28ClF2N5O3/c1-16(17-3-2-4-19(11-17)26(30)31)33-24(37)15-36-14-20-6-5-18(12-22(20)27(36)38)25-23(29)13-32-28(35-25)34-21-7-9-39-10-8-21/h2-6,11-13,16,21,26H,7-10,14-15H2,1H3,(H,33,37)(H,32,34,35)/t16-/m0/s1. The summed E-state index contributed by atoms with van der Waals surface area (Å²) in [6.45, 7) is 3.21. The summed E-state index contributed by atoms with van der Waals surface area (Å²) in [6.07, 6.45) is 0.665. The van der Waals surface area contributed by atoms with E-state index in [2.05, 4.69) is 20.6 Å². The van der Waals surface area contributed by atoms with E-state index in [0.29, 0.717) is 46.6 Å². The van der Waals surface area contributed by atoms with Gasteiger partial charge in [0.1, 0.15) is 6.54 Å². The Labute approximate surface area is 229 Å². The lowest BCUT2D eigenvalue weighted by Crippen LogP contribution is -2.38. The molecule has 0 unspecified atom stereocenters. The van der Waals surface area contributed by atoms with Crippen molar-refractivity contribution in [2.75, 3.05) is 25.1 Å². The van der Waals surface area contributed by atoms with E-state index >= 15 is 0 Å². The minimum atomic E-state index is -2.59. The maximum absolute atomic E-state index is 13.2. The second-order valence-electron chi connectivity index (χ2n) is 9.71. The van der Waals surface area contributed by atoms with Crippen LogP contribution >= 0.6 is 11.6 Å². The minimum Gasteiger partial charge on any atom is -0.381 e. The van der Waals surface area contributed by atoms with Gasteiger partial charge in [-0.2, -0.15) is 0 Å². The van der Waals surface area contributed by atoms with Crippen molar-refractivity contribution in [3.05, 3.63) is 75.9 Å². The van der Waals surface area contributed by atoms with E-state index in [1.807, 2.05) is 12.1 Å². The number of rotatable bonds is 8. The molecule has 0 spiro atoms. The first kappa shape index (κ1) is 27.0. The Balaban J connectivity index is 1.26. The lowest BCUT2D eigenvalue weighted by atomic mass is 10.0. The number of amides is 2. The van der Waals surface area contributed by atoms with Gasteiger partial charge in [-0.15, -0.1) is 0 Å². The summed E-state index contributed by atoms with van der Waals surface area (Å²) < 4.78 is 31.5. The molecule has 11 heteroatoms. The van der Waals surface area contributed by atoms with E-state index in [1.54, 1.807) is 19.1 Å². The van der Waals surface area contributed by atoms with Gasteiger partial charge in [-0.1, -0.05) is 41.9 Å². The van der Waals surface area contributed by atoms with Gasteiger partial charge in [-0.3, -0.25) is 9.59 Å². The van der Waals surface area contributed by atoms with Crippen LogP contribution in [0.5, 0.6) is 0 Å². The van der Waals surface area contributed by atoms with Crippen molar-refractivity contribution in [1.82, 2.24) is 20.2 Å². The van der Waals surface area contributed by atoms with Crippen LogP contribution in [0.2, 0.25) is 5.02 Å². The topological polar surface area (TPSA) is 96.5 Å². The normalized spacial score (nSPS) is 16.3. The minimum absolute atomic E-state index is 0.107. The number of fused-ring (bicyclic) bond motifs is 1. The summed E-state index contributed by atoms with van der Waals surface area (Å²) in [5, 5.41) is 6.48. The fourth-order valence-corrected chi connectivity index (χ4v) is 5.01. The second-order valence-corrected chi connectivity index (χ2v) is 10.1. The third-order valence-corrected chi connectivity index (χ3v) is 7.21. The van der Waals surface area contributed by atoms with Crippen LogP contribution in [0.3, 0.4) is 0 Å². The van der Waals surface area contributed by atoms with Gasteiger partial charge in [0, 0.05) is 42.5 Å². The Hall–Kier alpha value is -3.63. The van der Waals surface area contributed by atoms with Crippen LogP contribution in [0.4, 0.5) is 14.7 Å². The van der Waals surface area contributed by atoms with E-state index in [-0.39, 0.29) is 36.5 Å². The molecule has 3 heterocycles. The van der Waals surface area contributed by atoms with E-state index in [1.165, 1.54) is 29.3 Å². The first-order chi connectivity index (χ1) is 18.8. The molecule has 0 radical (unpaired) electrons. The van der Waals surface area contributed by atoms with E-state index in [9.17, 15) is 18.4 Å². The van der Waals surface area contributed by atoms with E-state index < -0.39 is 12.5 Å². The number of aromatic nitrogens is 2. The molecule has 204 valence electrons. The highest BCUT2D eigenvalue weighted by atomic mass is 35.5. The number of hydrogen-bond donors (Lipinski definition) is 2. The number of ether oxygens (including phenoxy) is 1. The van der Waals surface area contributed by atoms with Gasteiger partial charge in [-0.05, 0) is 43.0 Å². The zero-order valence-electron chi connectivity index (χ0n) is 21.3. The number of hydrogen-bond acceptors (Lipinski definition) is 6. The molecule has 39 heavy (non-hydrogen) atoms. The molecule has 3 aromatic rings. The molecular weight excluding hydrogens is 528 g/mol. The molecule has 1 aromatic heterocycles. The monoisotopic (exact) mass is 555 g/mol. The highest BCUT2D eigenvalue weighted by Crippen LogP contribution is 2.32. The first-order valence-electron chi connectivity index (χ1n) is 12.7. The number of carbonyl (C=O) groups excluding carboxylic acids is 2. The van der Waals surface area contributed by atoms with Crippen LogP contribution in [0, 0.1) is 0 Å². The van der Waals surface area contributed by atoms with Crippen LogP contribution in [-0.4, -0.2) is 52.5 Å². The molecule has 2 amide bonds. The molecule has 2 aliphatic heterocycles. The number of halogens is 3. The molecule has 0 bridgehead atoms. The first-order valence-corrected chi connectivity index (χ1v) is 13.1. The molecule has 0 saturated carbocycles. The molecule has 8 nitrogen and oxygen atoms in total. The smallest absolute Gasteiger partial charge is 0.263 e. The van der Waals surface area contributed by atoms with Gasteiger partial charge in [0.05, 0.1) is 23.0 Å². The van der Waals surface area contributed by atoms with Crippen molar-refractivity contribution in [1.29, 1.82) is 0 Å². The third-order valence-electron chi connectivity index (χ3n) is 6.94. The second kappa shape index (κ2) is 11.6. The molecule has 2 aliphatic rings. The van der Waals surface area contributed by atoms with Crippen LogP contribution in [-0.2, 0) is 16.1 Å². The summed E-state index contributed by atoms with van der Waals surface area (Å²) in [7, 11) is 0. The number of nitrogens with one attached hydrogen (secondary N) is 2. The lowest BCUT2D eigenvalue weighted by Gasteiger charge is -2.23. The summed E-state index contributed by atoms with van der Waals surface area (Å²) >= 11 is 6.42. The summed E-state index contributed by atoms with van der Waals surface area (Å²) in [6, 6.07) is 11.1. The van der Waals surface area contributed by atoms with Crippen LogP contribution in [0.25, 0.3) is 11.3 Å². The largest absolute Gasteiger partial charge is 0.381 e. The molecule has 1 atom stereocenters. The summed E-state index contributed by atoms with van der Waals surface area (Å²) in [5.41, 5.74) is 2.90. The predicted octanol–water partition coefficient (Wildman–Crippen LogP) is 5.16. The average Bonchev–Trinajstić information content (AvgIpc) is 3.24. The van der Waals surface area contributed by atoms with Gasteiger partial charge in [-0.25, -0.2) is 18.7 Å². The SMILES string of the molecule is C[C@H](NC(=O)CN1Cc2ccc(-c3nc(NC4CCOCC4)ncc3Cl)cc2C1=O)c1cccc(C(F)F)c1. The maximum Gasteiger partial charge on any atom is 0.263 e. The molecule has 1 saturated heterocycles. The fraction of sp³-hybridized carbons (Fsp3) is 0.357. The highest BCUT2D eigenvalue weighted by molar-refractivity contribution is 6.33. The van der Waals surface area contributed by atoms with Gasteiger partial charge < -0.3 is 20.3 Å². The van der Waals surface area contributed by atoms with Gasteiger partial charge in [0.15, 0.2) is 0 Å². The van der Waals surface area contributed by atoms with Crippen LogP contribution in [0.15, 0.2) is 48.7 Å². The number of nitrogens with zero attached hydrogens (tertiary/aromatic N) is 3. The maximum atomic E-state index is 13.2. The van der Waals surface area contributed by atoms with Crippen molar-refractivity contribution in [2.45, 2.75) is 44.8 Å². The third kappa shape index (κ3) is 6.17. The summed E-state index contributed by atoms with van der Waals surface area (Å²) in [5.74, 6) is -0.200. The van der Waals surface area contributed by atoms with Crippen molar-refractivity contribution < 1.29 is 23.1 Å². The molecule has 1 fully saturated rings. The van der Waals surface area contributed by atoms with Gasteiger partial charge in [0.25, 0.3) is 12.3 Å². The Morgan fingerprint density at radius 2 is 1.95 bits per heavy atom. The van der Waals surface area contributed by atoms with Gasteiger partial charge in [0.2, 0.25) is 11.9 Å². The number of anilines is 1. The quantitative estimate of drug-likeness (QED) is 0.399.